The third-order valence-corrected chi connectivity index (χ3v) is 4.11. The van der Waals surface area contributed by atoms with Crippen LogP contribution in [0, 0.1) is 13.8 Å². The van der Waals surface area contributed by atoms with Gasteiger partial charge in [0.25, 0.3) is 0 Å². The van der Waals surface area contributed by atoms with E-state index in [1.54, 1.807) is 7.05 Å². The van der Waals surface area contributed by atoms with E-state index in [1.165, 1.54) is 16.6 Å². The van der Waals surface area contributed by atoms with E-state index in [4.69, 9.17) is 4.52 Å². The summed E-state index contributed by atoms with van der Waals surface area (Å²) in [6, 6.07) is 10.5. The first-order valence-electron chi connectivity index (χ1n) is 8.10. The number of H-pyrrole nitrogens is 1. The van der Waals surface area contributed by atoms with Gasteiger partial charge in [0, 0.05) is 43.3 Å². The molecule has 6 nitrogen and oxygen atoms in total. The van der Waals surface area contributed by atoms with Crippen molar-refractivity contribution in [3.8, 4) is 0 Å². The van der Waals surface area contributed by atoms with Gasteiger partial charge in [-0.25, -0.2) is 0 Å². The monoisotopic (exact) mass is 325 g/mol. The fourth-order valence-corrected chi connectivity index (χ4v) is 2.73. The predicted molar refractivity (Wildman–Crippen MR) is 96.2 cm³/mol. The number of aromatic nitrogens is 2. The number of rotatable bonds is 5. The van der Waals surface area contributed by atoms with Crippen LogP contribution in [0.25, 0.3) is 10.9 Å². The van der Waals surface area contributed by atoms with Crippen molar-refractivity contribution in [1.82, 2.24) is 20.8 Å². The molecule has 3 rings (SSSR count). The van der Waals surface area contributed by atoms with Crippen molar-refractivity contribution in [2.24, 2.45) is 4.99 Å². The van der Waals surface area contributed by atoms with Gasteiger partial charge in [0.2, 0.25) is 0 Å². The van der Waals surface area contributed by atoms with Gasteiger partial charge in [-0.2, -0.15) is 0 Å². The van der Waals surface area contributed by atoms with E-state index in [9.17, 15) is 0 Å². The topological polar surface area (TPSA) is 78.2 Å². The molecule has 0 unspecified atom stereocenters. The van der Waals surface area contributed by atoms with Gasteiger partial charge < -0.3 is 20.1 Å². The third-order valence-electron chi connectivity index (χ3n) is 4.11. The summed E-state index contributed by atoms with van der Waals surface area (Å²) in [5.41, 5.74) is 4.38. The molecule has 2 heterocycles. The smallest absolute Gasteiger partial charge is 0.191 e. The van der Waals surface area contributed by atoms with Crippen LogP contribution < -0.4 is 10.6 Å². The van der Waals surface area contributed by atoms with Gasteiger partial charge in [0.15, 0.2) is 5.96 Å². The Balaban J connectivity index is 1.51. The number of hydrogen-bond donors (Lipinski definition) is 3. The van der Waals surface area contributed by atoms with E-state index in [2.05, 4.69) is 50.0 Å². The van der Waals surface area contributed by atoms with Gasteiger partial charge in [-0.3, -0.25) is 4.99 Å². The summed E-state index contributed by atoms with van der Waals surface area (Å²) < 4.78 is 5.17. The lowest BCUT2D eigenvalue weighted by Crippen LogP contribution is -2.38. The minimum Gasteiger partial charge on any atom is -0.361 e. The molecule has 0 radical (unpaired) electrons. The Hall–Kier alpha value is -2.76. The Bertz CT molecular complexity index is 794. The Morgan fingerprint density at radius 3 is 2.79 bits per heavy atom. The number of aromatic amines is 1. The largest absolute Gasteiger partial charge is 0.361 e. The van der Waals surface area contributed by atoms with E-state index >= 15 is 0 Å². The number of fused-ring (bicyclic) bond motifs is 1. The Morgan fingerprint density at radius 1 is 1.25 bits per heavy atom. The summed E-state index contributed by atoms with van der Waals surface area (Å²) in [6.07, 6.45) is 0.903. The maximum atomic E-state index is 5.17. The first-order valence-corrected chi connectivity index (χ1v) is 8.10. The van der Waals surface area contributed by atoms with Crippen LogP contribution >= 0.6 is 0 Å². The van der Waals surface area contributed by atoms with Crippen molar-refractivity contribution in [2.75, 3.05) is 13.6 Å². The molecule has 0 bridgehead atoms. The molecule has 0 spiro atoms. The molecular formula is C18H23N5O. The summed E-state index contributed by atoms with van der Waals surface area (Å²) in [5.74, 6) is 1.61. The van der Waals surface area contributed by atoms with Crippen LogP contribution in [-0.4, -0.2) is 29.7 Å². The molecule has 0 saturated carbocycles. The molecule has 6 heteroatoms. The van der Waals surface area contributed by atoms with Gasteiger partial charge in [0.1, 0.15) is 5.76 Å². The Kier molecular flexibility index (Phi) is 4.84. The number of aryl methyl sites for hydroxylation is 2. The maximum absolute atomic E-state index is 5.17. The van der Waals surface area contributed by atoms with Gasteiger partial charge in [0.05, 0.1) is 5.69 Å². The normalized spacial score (nSPS) is 11.9. The van der Waals surface area contributed by atoms with Gasteiger partial charge in [-0.15, -0.1) is 0 Å². The first kappa shape index (κ1) is 16.1. The third kappa shape index (κ3) is 3.59. The molecule has 3 N–H and O–H groups in total. The molecule has 1 aromatic carbocycles. The van der Waals surface area contributed by atoms with Crippen LogP contribution in [0.4, 0.5) is 0 Å². The zero-order valence-corrected chi connectivity index (χ0v) is 14.3. The highest BCUT2D eigenvalue weighted by molar-refractivity contribution is 5.81. The lowest BCUT2D eigenvalue weighted by molar-refractivity contribution is 0.392. The minimum absolute atomic E-state index is 0.646. The van der Waals surface area contributed by atoms with Crippen molar-refractivity contribution in [3.63, 3.8) is 0 Å². The van der Waals surface area contributed by atoms with Crippen LogP contribution in [0.5, 0.6) is 0 Å². The number of nitrogens with one attached hydrogen (secondary N) is 3. The highest BCUT2D eigenvalue weighted by Crippen LogP contribution is 2.14. The molecule has 0 aliphatic carbocycles. The van der Waals surface area contributed by atoms with E-state index in [0.717, 1.165) is 35.9 Å². The van der Waals surface area contributed by atoms with E-state index in [0.29, 0.717) is 6.54 Å². The molecule has 3 aromatic rings. The number of aliphatic imine (C=N–C) groups is 1. The molecule has 0 fully saturated rings. The van der Waals surface area contributed by atoms with Crippen LogP contribution in [0.15, 0.2) is 39.8 Å². The first-order chi connectivity index (χ1) is 11.7. The van der Waals surface area contributed by atoms with E-state index in [-0.39, 0.29) is 0 Å². The maximum Gasteiger partial charge on any atom is 0.191 e. The molecule has 24 heavy (non-hydrogen) atoms. The number of guanidine groups is 1. The number of benzene rings is 1. The van der Waals surface area contributed by atoms with E-state index in [1.807, 2.05) is 19.9 Å². The van der Waals surface area contributed by atoms with Crippen LogP contribution in [0.3, 0.4) is 0 Å². The summed E-state index contributed by atoms with van der Waals surface area (Å²) in [4.78, 5) is 7.69. The van der Waals surface area contributed by atoms with Crippen LogP contribution in [0.1, 0.15) is 22.7 Å². The number of hydrogen-bond acceptors (Lipinski definition) is 3. The molecular weight excluding hydrogens is 302 g/mol. The number of nitrogens with zero attached hydrogens (tertiary/aromatic N) is 2. The summed E-state index contributed by atoms with van der Waals surface area (Å²) in [7, 11) is 1.77. The highest BCUT2D eigenvalue weighted by atomic mass is 16.5. The van der Waals surface area contributed by atoms with Gasteiger partial charge in [-0.05, 0) is 31.4 Å². The van der Waals surface area contributed by atoms with Crippen molar-refractivity contribution >= 4 is 16.9 Å². The second kappa shape index (κ2) is 7.21. The summed E-state index contributed by atoms with van der Waals surface area (Å²) in [6.45, 7) is 5.31. The fraction of sp³-hybridized carbons (Fsp3) is 0.333. The lowest BCUT2D eigenvalue weighted by atomic mass is 10.2. The van der Waals surface area contributed by atoms with E-state index < -0.39 is 0 Å². The second-order valence-electron chi connectivity index (χ2n) is 5.79. The predicted octanol–water partition coefficient (Wildman–Crippen LogP) is 2.68. The molecule has 0 saturated heterocycles. The standard InChI is InChI=1S/C18H23N5O/c1-12-16(13(2)24-23-12)11-21-18(19-3)20-9-8-15-10-14-6-4-5-7-17(14)22-15/h4-7,10,22H,8-9,11H2,1-3H3,(H2,19,20,21). The fourth-order valence-electron chi connectivity index (χ4n) is 2.73. The van der Waals surface area contributed by atoms with Crippen molar-refractivity contribution in [2.45, 2.75) is 26.8 Å². The zero-order valence-electron chi connectivity index (χ0n) is 14.3. The molecule has 0 atom stereocenters. The SMILES string of the molecule is CN=C(NCCc1cc2ccccc2[nH]1)NCc1c(C)noc1C. The summed E-state index contributed by atoms with van der Waals surface area (Å²) in [5, 5.41) is 11.8. The Labute approximate surface area is 141 Å². The van der Waals surface area contributed by atoms with Crippen LogP contribution in [-0.2, 0) is 13.0 Å². The van der Waals surface area contributed by atoms with Crippen molar-refractivity contribution in [1.29, 1.82) is 0 Å². The minimum atomic E-state index is 0.646. The molecule has 0 aliphatic heterocycles. The molecule has 0 aliphatic rings. The van der Waals surface area contributed by atoms with Gasteiger partial charge >= 0.3 is 0 Å². The zero-order chi connectivity index (χ0) is 16.9. The van der Waals surface area contributed by atoms with Crippen molar-refractivity contribution in [3.05, 3.63) is 53.0 Å². The molecule has 2 aromatic heterocycles. The van der Waals surface area contributed by atoms with Gasteiger partial charge in [-0.1, -0.05) is 23.4 Å². The average Bonchev–Trinajstić information content (AvgIpc) is 3.14. The second-order valence-corrected chi connectivity index (χ2v) is 5.79. The average molecular weight is 325 g/mol. The lowest BCUT2D eigenvalue weighted by Gasteiger charge is -2.11. The Morgan fingerprint density at radius 2 is 2.08 bits per heavy atom. The highest BCUT2D eigenvalue weighted by Gasteiger charge is 2.09. The summed E-state index contributed by atoms with van der Waals surface area (Å²) >= 11 is 0. The quantitative estimate of drug-likeness (QED) is 0.498. The molecule has 0 amide bonds. The molecule has 126 valence electrons. The van der Waals surface area contributed by atoms with Crippen molar-refractivity contribution < 1.29 is 4.52 Å². The van der Waals surface area contributed by atoms with Crippen LogP contribution in [0.2, 0.25) is 0 Å². The number of para-hydroxylation sites is 1.